The van der Waals surface area contributed by atoms with E-state index in [1.165, 1.54) is 13.0 Å². The topological polar surface area (TPSA) is 76.4 Å². The maximum Gasteiger partial charge on any atom is 0.321 e. The van der Waals surface area contributed by atoms with Crippen molar-refractivity contribution in [1.82, 2.24) is 9.80 Å². The number of nitrogens with zero attached hydrogens (tertiary/aromatic N) is 3. The molecule has 0 bridgehead atoms. The summed E-state index contributed by atoms with van der Waals surface area (Å²) in [5, 5.41) is 12.0. The number of anilines is 1. The molecule has 0 aromatic heterocycles. The van der Waals surface area contributed by atoms with E-state index in [0.717, 1.165) is 0 Å². The zero-order valence-corrected chi connectivity index (χ0v) is 12.4. The summed E-state index contributed by atoms with van der Waals surface area (Å²) >= 11 is 5.84. The van der Waals surface area contributed by atoms with Gasteiger partial charge in [0.1, 0.15) is 6.07 Å². The first-order valence-electron chi connectivity index (χ1n) is 6.52. The van der Waals surface area contributed by atoms with Gasteiger partial charge in [-0.3, -0.25) is 4.79 Å². The molecule has 1 saturated heterocycles. The summed E-state index contributed by atoms with van der Waals surface area (Å²) < 4.78 is 0. The Bertz CT molecular complexity index is 603. The molecule has 3 amide bonds. The lowest BCUT2D eigenvalue weighted by Crippen LogP contribution is -2.51. The van der Waals surface area contributed by atoms with Gasteiger partial charge >= 0.3 is 6.03 Å². The second-order valence-corrected chi connectivity index (χ2v) is 5.14. The van der Waals surface area contributed by atoms with E-state index in [0.29, 0.717) is 42.5 Å². The molecule has 0 aliphatic carbocycles. The fourth-order valence-corrected chi connectivity index (χ4v) is 2.28. The molecule has 2 rings (SSSR count). The molecule has 1 aliphatic heterocycles. The summed E-state index contributed by atoms with van der Waals surface area (Å²) in [6, 6.07) is 6.47. The van der Waals surface area contributed by atoms with Gasteiger partial charge in [0.15, 0.2) is 0 Å². The molecule has 0 atom stereocenters. The molecule has 0 spiro atoms. The third kappa shape index (κ3) is 3.64. The normalized spacial score (nSPS) is 14.5. The van der Waals surface area contributed by atoms with Gasteiger partial charge in [0.25, 0.3) is 0 Å². The Labute approximate surface area is 127 Å². The average molecular weight is 307 g/mol. The third-order valence-corrected chi connectivity index (χ3v) is 3.68. The molecule has 110 valence electrons. The van der Waals surface area contributed by atoms with Gasteiger partial charge in [0, 0.05) is 38.8 Å². The number of carbonyl (C=O) groups excluding carboxylic acids is 2. The highest BCUT2D eigenvalue weighted by atomic mass is 35.5. The highest BCUT2D eigenvalue weighted by Gasteiger charge is 2.22. The Morgan fingerprint density at radius 1 is 1.24 bits per heavy atom. The molecule has 1 heterocycles. The van der Waals surface area contributed by atoms with E-state index in [1.54, 1.807) is 21.9 Å². The van der Waals surface area contributed by atoms with Crippen molar-refractivity contribution in [2.75, 3.05) is 31.5 Å². The first kappa shape index (κ1) is 15.1. The zero-order valence-electron chi connectivity index (χ0n) is 11.6. The largest absolute Gasteiger partial charge is 0.339 e. The Kier molecular flexibility index (Phi) is 4.66. The van der Waals surface area contributed by atoms with E-state index >= 15 is 0 Å². The van der Waals surface area contributed by atoms with Crippen molar-refractivity contribution < 1.29 is 9.59 Å². The van der Waals surface area contributed by atoms with Crippen LogP contribution in [-0.2, 0) is 4.79 Å². The fraction of sp³-hybridized carbons (Fsp3) is 0.357. The molecule has 1 fully saturated rings. The number of nitriles is 1. The molecule has 1 N–H and O–H groups in total. The molecule has 6 nitrogen and oxygen atoms in total. The molecule has 0 unspecified atom stereocenters. The summed E-state index contributed by atoms with van der Waals surface area (Å²) in [7, 11) is 0. The van der Waals surface area contributed by atoms with E-state index in [4.69, 9.17) is 16.9 Å². The number of amides is 3. The van der Waals surface area contributed by atoms with Crippen LogP contribution in [-0.4, -0.2) is 47.9 Å². The molecule has 0 saturated carbocycles. The number of piperazine rings is 1. The summed E-state index contributed by atoms with van der Waals surface area (Å²) in [6.45, 7) is 3.57. The van der Waals surface area contributed by atoms with E-state index < -0.39 is 0 Å². The van der Waals surface area contributed by atoms with Crippen molar-refractivity contribution in [3.8, 4) is 6.07 Å². The third-order valence-electron chi connectivity index (χ3n) is 3.35. The lowest BCUT2D eigenvalue weighted by Gasteiger charge is -2.34. The quantitative estimate of drug-likeness (QED) is 0.861. The number of carbonyl (C=O) groups is 2. The van der Waals surface area contributed by atoms with Crippen LogP contribution in [0.3, 0.4) is 0 Å². The van der Waals surface area contributed by atoms with E-state index in [1.807, 2.05) is 6.07 Å². The highest BCUT2D eigenvalue weighted by molar-refractivity contribution is 6.31. The monoisotopic (exact) mass is 306 g/mol. The van der Waals surface area contributed by atoms with Crippen molar-refractivity contribution in [3.63, 3.8) is 0 Å². The van der Waals surface area contributed by atoms with Crippen LogP contribution in [0.25, 0.3) is 0 Å². The van der Waals surface area contributed by atoms with Crippen molar-refractivity contribution >= 4 is 29.2 Å². The van der Waals surface area contributed by atoms with Gasteiger partial charge in [-0.1, -0.05) is 11.6 Å². The Morgan fingerprint density at radius 3 is 2.43 bits per heavy atom. The van der Waals surface area contributed by atoms with Crippen LogP contribution in [0, 0.1) is 11.3 Å². The lowest BCUT2D eigenvalue weighted by molar-refractivity contribution is -0.130. The summed E-state index contributed by atoms with van der Waals surface area (Å²) in [6.07, 6.45) is 0. The highest BCUT2D eigenvalue weighted by Crippen LogP contribution is 2.20. The molecule has 1 aromatic rings. The van der Waals surface area contributed by atoms with Crippen LogP contribution in [0.1, 0.15) is 12.5 Å². The molecule has 1 aliphatic rings. The maximum absolute atomic E-state index is 12.1. The number of nitrogens with one attached hydrogen (secondary N) is 1. The maximum atomic E-state index is 12.1. The van der Waals surface area contributed by atoms with Crippen LogP contribution in [0.4, 0.5) is 10.5 Å². The van der Waals surface area contributed by atoms with Gasteiger partial charge in [-0.05, 0) is 18.2 Å². The van der Waals surface area contributed by atoms with E-state index in [9.17, 15) is 9.59 Å². The molecule has 21 heavy (non-hydrogen) atoms. The average Bonchev–Trinajstić information content (AvgIpc) is 2.49. The van der Waals surface area contributed by atoms with Crippen LogP contribution in [0.5, 0.6) is 0 Å². The predicted octanol–water partition coefficient (Wildman–Crippen LogP) is 1.91. The standard InChI is InChI=1S/C14H15ClN4O2/c1-10(20)18-4-6-19(7-5-18)14(21)17-12-2-3-13(15)11(8-12)9-16/h2-3,8H,4-7H2,1H3,(H,17,21). The molecule has 1 aromatic carbocycles. The number of urea groups is 1. The number of halogens is 1. The second-order valence-electron chi connectivity index (χ2n) is 4.73. The minimum absolute atomic E-state index is 0.0198. The summed E-state index contributed by atoms with van der Waals surface area (Å²) in [4.78, 5) is 26.7. The van der Waals surface area contributed by atoms with Crippen molar-refractivity contribution in [2.45, 2.75) is 6.92 Å². The van der Waals surface area contributed by atoms with Crippen LogP contribution in [0.15, 0.2) is 18.2 Å². The Morgan fingerprint density at radius 2 is 1.86 bits per heavy atom. The predicted molar refractivity (Wildman–Crippen MR) is 79.0 cm³/mol. The summed E-state index contributed by atoms with van der Waals surface area (Å²) in [5.74, 6) is 0.0198. The van der Waals surface area contributed by atoms with Crippen LogP contribution < -0.4 is 5.32 Å². The summed E-state index contributed by atoms with van der Waals surface area (Å²) in [5.41, 5.74) is 0.839. The smallest absolute Gasteiger partial charge is 0.321 e. The van der Waals surface area contributed by atoms with E-state index in [-0.39, 0.29) is 11.9 Å². The lowest BCUT2D eigenvalue weighted by atomic mass is 10.2. The van der Waals surface area contributed by atoms with Crippen molar-refractivity contribution in [3.05, 3.63) is 28.8 Å². The first-order chi connectivity index (χ1) is 10.0. The number of rotatable bonds is 1. The van der Waals surface area contributed by atoms with Crippen molar-refractivity contribution in [1.29, 1.82) is 5.26 Å². The Hall–Kier alpha value is -2.26. The number of hydrogen-bond donors (Lipinski definition) is 1. The van der Waals surface area contributed by atoms with Crippen molar-refractivity contribution in [2.24, 2.45) is 0 Å². The first-order valence-corrected chi connectivity index (χ1v) is 6.90. The zero-order chi connectivity index (χ0) is 15.4. The number of benzene rings is 1. The van der Waals surface area contributed by atoms with Gasteiger partial charge in [-0.25, -0.2) is 4.79 Å². The van der Waals surface area contributed by atoms with E-state index in [2.05, 4.69) is 5.32 Å². The SMILES string of the molecule is CC(=O)N1CCN(C(=O)Nc2ccc(Cl)c(C#N)c2)CC1. The molecule has 7 heteroatoms. The molecule has 0 radical (unpaired) electrons. The van der Waals surface area contributed by atoms with Gasteiger partial charge in [-0.2, -0.15) is 5.26 Å². The molecular formula is C14H15ClN4O2. The van der Waals surface area contributed by atoms with Gasteiger partial charge in [-0.15, -0.1) is 0 Å². The second kappa shape index (κ2) is 6.46. The number of hydrogen-bond acceptors (Lipinski definition) is 3. The van der Waals surface area contributed by atoms with Crippen LogP contribution in [0.2, 0.25) is 5.02 Å². The molecular weight excluding hydrogens is 292 g/mol. The fourth-order valence-electron chi connectivity index (χ4n) is 2.12. The minimum atomic E-state index is -0.246. The van der Waals surface area contributed by atoms with Gasteiger partial charge in [0.05, 0.1) is 10.6 Å². The van der Waals surface area contributed by atoms with Gasteiger partial charge < -0.3 is 15.1 Å². The van der Waals surface area contributed by atoms with Gasteiger partial charge in [0.2, 0.25) is 5.91 Å². The minimum Gasteiger partial charge on any atom is -0.339 e. The Balaban J connectivity index is 1.97. The van der Waals surface area contributed by atoms with Crippen LogP contribution >= 0.6 is 11.6 Å².